The van der Waals surface area contributed by atoms with Crippen molar-refractivity contribution in [1.29, 1.82) is 0 Å². The lowest BCUT2D eigenvalue weighted by molar-refractivity contribution is -0.140. The van der Waals surface area contributed by atoms with Gasteiger partial charge in [-0.2, -0.15) is 0 Å². The van der Waals surface area contributed by atoms with Crippen LogP contribution in [0.25, 0.3) is 0 Å². The molecule has 0 fully saturated rings. The third-order valence-electron chi connectivity index (χ3n) is 3.86. The zero-order valence-electron chi connectivity index (χ0n) is 16.8. The molecule has 5 heteroatoms. The predicted octanol–water partition coefficient (Wildman–Crippen LogP) is 4.94. The van der Waals surface area contributed by atoms with Crippen molar-refractivity contribution in [2.45, 2.75) is 45.9 Å². The van der Waals surface area contributed by atoms with E-state index in [1.165, 1.54) is 0 Å². The van der Waals surface area contributed by atoms with Crippen LogP contribution in [0.4, 0.5) is 4.79 Å². The zero-order valence-corrected chi connectivity index (χ0v) is 16.8. The van der Waals surface area contributed by atoms with E-state index in [1.807, 2.05) is 60.7 Å². The summed E-state index contributed by atoms with van der Waals surface area (Å²) in [5.74, 6) is -0.490. The third-order valence-corrected chi connectivity index (χ3v) is 3.86. The average Bonchev–Trinajstić information content (AvgIpc) is 2.66. The van der Waals surface area contributed by atoms with Crippen LogP contribution in [-0.4, -0.2) is 17.7 Å². The highest BCUT2D eigenvalue weighted by Gasteiger charge is 2.27. The summed E-state index contributed by atoms with van der Waals surface area (Å²) in [6.45, 7) is 7.26. The maximum Gasteiger partial charge on any atom is 0.408 e. The molecule has 2 rings (SSSR count). The lowest BCUT2D eigenvalue weighted by atomic mass is 9.98. The fraction of sp³-hybridized carbons (Fsp3) is 0.304. The molecule has 0 saturated heterocycles. The summed E-state index contributed by atoms with van der Waals surface area (Å²) in [5, 5.41) is 2.79. The van der Waals surface area contributed by atoms with Crippen LogP contribution in [-0.2, 0) is 20.9 Å². The molecule has 0 spiro atoms. The van der Waals surface area contributed by atoms with Crippen LogP contribution >= 0.6 is 0 Å². The number of carbonyl (C=O) groups excluding carboxylic acids is 2. The fourth-order valence-corrected chi connectivity index (χ4v) is 2.62. The summed E-state index contributed by atoms with van der Waals surface area (Å²) in [6, 6.07) is 18.0. The largest absolute Gasteiger partial charge is 0.457 e. The lowest BCUT2D eigenvalue weighted by Crippen LogP contribution is -2.37. The van der Waals surface area contributed by atoms with Crippen LogP contribution < -0.4 is 5.32 Å². The normalized spacial score (nSPS) is 12.8. The smallest absolute Gasteiger partial charge is 0.408 e. The van der Waals surface area contributed by atoms with Gasteiger partial charge in [-0.05, 0) is 38.8 Å². The number of ether oxygens (including phenoxy) is 2. The summed E-state index contributed by atoms with van der Waals surface area (Å²) in [6.07, 6.45) is 1.05. The predicted molar refractivity (Wildman–Crippen MR) is 109 cm³/mol. The lowest BCUT2D eigenvalue weighted by Gasteiger charge is -2.25. The van der Waals surface area contributed by atoms with Gasteiger partial charge in [0.15, 0.2) is 0 Å². The number of hydrogen-bond acceptors (Lipinski definition) is 4. The van der Waals surface area contributed by atoms with E-state index in [0.29, 0.717) is 5.57 Å². The molecule has 28 heavy (non-hydrogen) atoms. The topological polar surface area (TPSA) is 64.6 Å². The van der Waals surface area contributed by atoms with Gasteiger partial charge in [-0.3, -0.25) is 0 Å². The Labute approximate surface area is 166 Å². The molecule has 0 aromatic heterocycles. The first kappa shape index (κ1) is 21.2. The van der Waals surface area contributed by atoms with Crippen LogP contribution in [0.5, 0.6) is 0 Å². The van der Waals surface area contributed by atoms with Gasteiger partial charge in [0.25, 0.3) is 0 Å². The van der Waals surface area contributed by atoms with Gasteiger partial charge < -0.3 is 14.8 Å². The highest BCUT2D eigenvalue weighted by molar-refractivity contribution is 5.91. The molecule has 1 amide bonds. The van der Waals surface area contributed by atoms with Gasteiger partial charge in [-0.1, -0.05) is 66.7 Å². The van der Waals surface area contributed by atoms with Gasteiger partial charge in [0.2, 0.25) is 0 Å². The first-order chi connectivity index (χ1) is 13.3. The summed E-state index contributed by atoms with van der Waals surface area (Å²) in [5.41, 5.74) is 1.35. The molecule has 0 bridgehead atoms. The number of esters is 1. The molecule has 148 valence electrons. The van der Waals surface area contributed by atoms with Crippen molar-refractivity contribution in [2.24, 2.45) is 0 Å². The Morgan fingerprint density at radius 3 is 2.11 bits per heavy atom. The number of hydrogen-bond donors (Lipinski definition) is 1. The minimum Gasteiger partial charge on any atom is -0.457 e. The number of allylic oxidation sites excluding steroid dienone is 1. The first-order valence-electron chi connectivity index (χ1n) is 9.22. The van der Waals surface area contributed by atoms with E-state index in [0.717, 1.165) is 11.1 Å². The van der Waals surface area contributed by atoms with Gasteiger partial charge in [-0.15, -0.1) is 0 Å². The first-order valence-corrected chi connectivity index (χ1v) is 9.22. The Hall–Kier alpha value is -3.08. The summed E-state index contributed by atoms with van der Waals surface area (Å²) < 4.78 is 10.8. The maximum atomic E-state index is 12.7. The van der Waals surface area contributed by atoms with E-state index < -0.39 is 23.7 Å². The molecule has 2 aromatic rings. The van der Waals surface area contributed by atoms with Crippen LogP contribution in [0.1, 0.15) is 44.9 Å². The molecule has 0 heterocycles. The Balaban J connectivity index is 2.19. The molecule has 0 saturated carbocycles. The number of carbonyl (C=O) groups is 2. The third kappa shape index (κ3) is 6.58. The molecule has 1 unspecified atom stereocenters. The Kier molecular flexibility index (Phi) is 7.38. The molecule has 2 aromatic carbocycles. The van der Waals surface area contributed by atoms with Crippen molar-refractivity contribution >= 4 is 12.1 Å². The van der Waals surface area contributed by atoms with Crippen molar-refractivity contribution in [3.63, 3.8) is 0 Å². The summed E-state index contributed by atoms with van der Waals surface area (Å²) in [7, 11) is 0. The van der Waals surface area contributed by atoms with Crippen molar-refractivity contribution in [1.82, 2.24) is 5.32 Å². The van der Waals surface area contributed by atoms with Gasteiger partial charge in [0.05, 0.1) is 11.6 Å². The van der Waals surface area contributed by atoms with Crippen LogP contribution in [0, 0.1) is 0 Å². The second-order valence-corrected chi connectivity index (χ2v) is 7.30. The Bertz CT molecular complexity index is 808. The molecule has 5 nitrogen and oxygen atoms in total. The highest BCUT2D eigenvalue weighted by Crippen LogP contribution is 2.24. The van der Waals surface area contributed by atoms with E-state index >= 15 is 0 Å². The van der Waals surface area contributed by atoms with Crippen LogP contribution in [0.3, 0.4) is 0 Å². The Morgan fingerprint density at radius 2 is 1.57 bits per heavy atom. The van der Waals surface area contributed by atoms with E-state index in [2.05, 4.69) is 5.32 Å². The van der Waals surface area contributed by atoms with E-state index in [-0.39, 0.29) is 6.61 Å². The van der Waals surface area contributed by atoms with Crippen molar-refractivity contribution in [3.8, 4) is 0 Å². The van der Waals surface area contributed by atoms with Gasteiger partial charge >= 0.3 is 12.1 Å². The van der Waals surface area contributed by atoms with Gasteiger partial charge in [0.1, 0.15) is 12.2 Å². The second-order valence-electron chi connectivity index (χ2n) is 7.30. The second kappa shape index (κ2) is 9.74. The minimum atomic E-state index is -0.677. The molecular weight excluding hydrogens is 354 g/mol. The summed E-state index contributed by atoms with van der Waals surface area (Å²) >= 11 is 0. The van der Waals surface area contributed by atoms with E-state index in [4.69, 9.17) is 9.47 Å². The number of alkyl carbamates (subject to hydrolysis) is 1. The number of rotatable bonds is 6. The highest BCUT2D eigenvalue weighted by atomic mass is 16.6. The Morgan fingerprint density at radius 1 is 1.00 bits per heavy atom. The molecule has 1 atom stereocenters. The molecular formula is C23H27NO4. The molecule has 0 aliphatic rings. The van der Waals surface area contributed by atoms with Crippen LogP contribution in [0.2, 0.25) is 0 Å². The zero-order chi connectivity index (χ0) is 20.6. The van der Waals surface area contributed by atoms with Crippen molar-refractivity contribution in [2.75, 3.05) is 0 Å². The quantitative estimate of drug-likeness (QED) is 0.568. The number of nitrogens with one attached hydrogen (secondary N) is 1. The minimum absolute atomic E-state index is 0.158. The SMILES string of the molecule is C/C=C(\C(=O)OCc1ccccc1)C(NC(=O)OC(C)(C)C)c1ccccc1. The molecule has 0 aliphatic carbocycles. The van der Waals surface area contributed by atoms with Gasteiger partial charge in [0, 0.05) is 0 Å². The van der Waals surface area contributed by atoms with Gasteiger partial charge in [-0.25, -0.2) is 9.59 Å². The number of amides is 1. The van der Waals surface area contributed by atoms with E-state index in [9.17, 15) is 9.59 Å². The monoisotopic (exact) mass is 381 g/mol. The van der Waals surface area contributed by atoms with Crippen molar-refractivity contribution in [3.05, 3.63) is 83.4 Å². The fourth-order valence-electron chi connectivity index (χ4n) is 2.62. The number of benzene rings is 2. The molecule has 0 aliphatic heterocycles. The van der Waals surface area contributed by atoms with E-state index in [1.54, 1.807) is 33.8 Å². The molecule has 1 N–H and O–H groups in total. The average molecular weight is 381 g/mol. The van der Waals surface area contributed by atoms with Crippen molar-refractivity contribution < 1.29 is 19.1 Å². The maximum absolute atomic E-state index is 12.7. The standard InChI is InChI=1S/C23H27NO4/c1-5-19(21(25)27-16-17-12-8-6-9-13-17)20(18-14-10-7-11-15-18)24-22(26)28-23(2,3)4/h5-15,20H,16H2,1-4H3,(H,24,26)/b19-5-. The molecule has 0 radical (unpaired) electrons. The summed E-state index contributed by atoms with van der Waals surface area (Å²) in [4.78, 5) is 25.1. The van der Waals surface area contributed by atoms with Crippen LogP contribution in [0.15, 0.2) is 72.3 Å².